The van der Waals surface area contributed by atoms with Crippen LogP contribution in [0.1, 0.15) is 11.6 Å². The Hall–Kier alpha value is -2.44. The van der Waals surface area contributed by atoms with Gasteiger partial charge in [0.2, 0.25) is 5.91 Å². The van der Waals surface area contributed by atoms with Gasteiger partial charge in [0.15, 0.2) is 0 Å². The van der Waals surface area contributed by atoms with E-state index in [0.717, 1.165) is 0 Å². The first-order chi connectivity index (χ1) is 9.99. The average Bonchev–Trinajstić information content (AvgIpc) is 2.49. The number of carbonyl (C=O) groups is 1. The fourth-order valence-electron chi connectivity index (χ4n) is 1.78. The smallest absolute Gasteiger partial charge is 0.294 e. The highest BCUT2D eigenvalue weighted by Crippen LogP contribution is 2.28. The number of nitrogens with two attached hydrogens (primary N) is 1. The highest BCUT2D eigenvalue weighted by Gasteiger charge is 2.20. The Balaban J connectivity index is 2.22. The maximum absolute atomic E-state index is 12.1. The molecule has 6 nitrogen and oxygen atoms in total. The second-order valence-corrected chi connectivity index (χ2v) is 4.73. The molecule has 2 rings (SSSR count). The Kier molecular flexibility index (Phi) is 4.52. The summed E-state index contributed by atoms with van der Waals surface area (Å²) in [6.45, 7) is 0. The van der Waals surface area contributed by atoms with E-state index in [4.69, 9.17) is 17.3 Å². The molecule has 0 aliphatic rings. The Labute approximate surface area is 125 Å². The van der Waals surface area contributed by atoms with Gasteiger partial charge in [0.1, 0.15) is 11.7 Å². The lowest BCUT2D eigenvalue weighted by atomic mass is 10.1. The molecule has 1 atom stereocenters. The molecule has 0 radical (unpaired) electrons. The molecule has 0 saturated heterocycles. The van der Waals surface area contributed by atoms with E-state index in [1.165, 1.54) is 18.2 Å². The number of nitro benzene ring substituents is 1. The van der Waals surface area contributed by atoms with E-state index in [0.29, 0.717) is 5.56 Å². The quantitative estimate of drug-likeness (QED) is 0.670. The largest absolute Gasteiger partial charge is 0.319 e. The van der Waals surface area contributed by atoms with Crippen molar-refractivity contribution < 1.29 is 9.72 Å². The summed E-state index contributed by atoms with van der Waals surface area (Å²) in [7, 11) is 0. The average molecular weight is 306 g/mol. The molecule has 0 bridgehead atoms. The van der Waals surface area contributed by atoms with Crippen molar-refractivity contribution in [3.63, 3.8) is 0 Å². The van der Waals surface area contributed by atoms with Crippen LogP contribution in [0.15, 0.2) is 48.5 Å². The minimum absolute atomic E-state index is 0.0563. The molecule has 108 valence electrons. The number of anilines is 1. The van der Waals surface area contributed by atoms with Crippen molar-refractivity contribution in [3.8, 4) is 0 Å². The first-order valence-corrected chi connectivity index (χ1v) is 6.42. The van der Waals surface area contributed by atoms with Crippen molar-refractivity contribution in [2.45, 2.75) is 6.04 Å². The molecule has 3 N–H and O–H groups in total. The van der Waals surface area contributed by atoms with Crippen molar-refractivity contribution in [1.29, 1.82) is 0 Å². The van der Waals surface area contributed by atoms with Gasteiger partial charge >= 0.3 is 0 Å². The molecule has 21 heavy (non-hydrogen) atoms. The number of hydrogen-bond donors (Lipinski definition) is 2. The molecule has 1 unspecified atom stereocenters. The summed E-state index contributed by atoms with van der Waals surface area (Å²) < 4.78 is 0. The third-order valence-corrected chi connectivity index (χ3v) is 3.09. The van der Waals surface area contributed by atoms with Crippen molar-refractivity contribution in [3.05, 3.63) is 69.2 Å². The SMILES string of the molecule is NC(C(=O)Nc1ccc(Cl)cc1[N+](=O)[O-])c1ccccc1. The zero-order valence-electron chi connectivity index (χ0n) is 10.8. The summed E-state index contributed by atoms with van der Waals surface area (Å²) in [4.78, 5) is 22.4. The van der Waals surface area contributed by atoms with E-state index in [2.05, 4.69) is 5.32 Å². The van der Waals surface area contributed by atoms with Crippen LogP contribution in [0.3, 0.4) is 0 Å². The third kappa shape index (κ3) is 3.56. The van der Waals surface area contributed by atoms with Crippen LogP contribution in [0, 0.1) is 10.1 Å². The molecule has 0 spiro atoms. The van der Waals surface area contributed by atoms with Gasteiger partial charge in [-0.05, 0) is 17.7 Å². The zero-order chi connectivity index (χ0) is 15.4. The molecular formula is C14H12ClN3O3. The van der Waals surface area contributed by atoms with Gasteiger partial charge in [-0.1, -0.05) is 41.9 Å². The summed E-state index contributed by atoms with van der Waals surface area (Å²) in [5.74, 6) is -0.536. The Morgan fingerprint density at radius 2 is 1.90 bits per heavy atom. The number of nitro groups is 1. The fraction of sp³-hybridized carbons (Fsp3) is 0.0714. The molecule has 0 heterocycles. The Bertz CT molecular complexity index is 676. The molecule has 1 amide bonds. The molecule has 0 saturated carbocycles. The minimum atomic E-state index is -0.915. The van der Waals surface area contributed by atoms with E-state index in [-0.39, 0.29) is 16.4 Å². The number of rotatable bonds is 4. The summed E-state index contributed by atoms with van der Waals surface area (Å²) >= 11 is 5.71. The van der Waals surface area contributed by atoms with Crippen molar-refractivity contribution in [1.82, 2.24) is 0 Å². The van der Waals surface area contributed by atoms with Gasteiger partial charge < -0.3 is 11.1 Å². The predicted octanol–water partition coefficient (Wildman–Crippen LogP) is 2.89. The van der Waals surface area contributed by atoms with Gasteiger partial charge in [0.25, 0.3) is 5.69 Å². The summed E-state index contributed by atoms with van der Waals surface area (Å²) in [5.41, 5.74) is 6.23. The third-order valence-electron chi connectivity index (χ3n) is 2.86. The van der Waals surface area contributed by atoms with Crippen LogP contribution in [-0.2, 0) is 4.79 Å². The molecule has 0 fully saturated rings. The van der Waals surface area contributed by atoms with Gasteiger partial charge in [0.05, 0.1) is 4.92 Å². The van der Waals surface area contributed by atoms with E-state index in [9.17, 15) is 14.9 Å². The molecule has 0 aromatic heterocycles. The van der Waals surface area contributed by atoms with Gasteiger partial charge in [-0.3, -0.25) is 14.9 Å². The Morgan fingerprint density at radius 3 is 2.52 bits per heavy atom. The highest BCUT2D eigenvalue weighted by atomic mass is 35.5. The molecule has 0 aliphatic heterocycles. The van der Waals surface area contributed by atoms with Crippen LogP contribution in [0.2, 0.25) is 5.02 Å². The summed E-state index contributed by atoms with van der Waals surface area (Å²) in [5, 5.41) is 13.6. The van der Waals surface area contributed by atoms with E-state index in [1.807, 2.05) is 0 Å². The van der Waals surface area contributed by atoms with Crippen LogP contribution >= 0.6 is 11.6 Å². The number of nitrogens with one attached hydrogen (secondary N) is 1. The van der Waals surface area contributed by atoms with Crippen molar-refractivity contribution in [2.75, 3.05) is 5.32 Å². The van der Waals surface area contributed by atoms with Gasteiger partial charge in [0, 0.05) is 11.1 Å². The summed E-state index contributed by atoms with van der Waals surface area (Å²) in [6.07, 6.45) is 0. The first kappa shape index (κ1) is 15.0. The van der Waals surface area contributed by atoms with E-state index < -0.39 is 16.9 Å². The second kappa shape index (κ2) is 6.34. The molecule has 0 aliphatic carbocycles. The van der Waals surface area contributed by atoms with Gasteiger partial charge in [-0.2, -0.15) is 0 Å². The number of hydrogen-bond acceptors (Lipinski definition) is 4. The van der Waals surface area contributed by atoms with Crippen LogP contribution in [0.4, 0.5) is 11.4 Å². The monoisotopic (exact) mass is 305 g/mol. The maximum atomic E-state index is 12.1. The van der Waals surface area contributed by atoms with Crippen LogP contribution in [-0.4, -0.2) is 10.8 Å². The molecule has 2 aromatic rings. The predicted molar refractivity (Wildman–Crippen MR) is 80.1 cm³/mol. The normalized spacial score (nSPS) is 11.7. The lowest BCUT2D eigenvalue weighted by molar-refractivity contribution is -0.383. The summed E-state index contributed by atoms with van der Waals surface area (Å²) in [6, 6.07) is 11.8. The second-order valence-electron chi connectivity index (χ2n) is 4.30. The molecular weight excluding hydrogens is 294 g/mol. The number of amides is 1. The fourth-order valence-corrected chi connectivity index (χ4v) is 1.95. The maximum Gasteiger partial charge on any atom is 0.294 e. The molecule has 2 aromatic carbocycles. The number of nitrogens with zero attached hydrogens (tertiary/aromatic N) is 1. The standard InChI is InChI=1S/C14H12ClN3O3/c15-10-6-7-11(12(8-10)18(20)21)17-14(19)13(16)9-4-2-1-3-5-9/h1-8,13H,16H2,(H,17,19). The lowest BCUT2D eigenvalue weighted by Gasteiger charge is -2.12. The van der Waals surface area contributed by atoms with Crippen LogP contribution < -0.4 is 11.1 Å². The van der Waals surface area contributed by atoms with Gasteiger partial charge in [-0.15, -0.1) is 0 Å². The highest BCUT2D eigenvalue weighted by molar-refractivity contribution is 6.31. The minimum Gasteiger partial charge on any atom is -0.319 e. The Morgan fingerprint density at radius 1 is 1.24 bits per heavy atom. The molecule has 7 heteroatoms. The number of carbonyl (C=O) groups excluding carboxylic acids is 1. The topological polar surface area (TPSA) is 98.3 Å². The van der Waals surface area contributed by atoms with Gasteiger partial charge in [-0.25, -0.2) is 0 Å². The van der Waals surface area contributed by atoms with E-state index in [1.54, 1.807) is 30.3 Å². The lowest BCUT2D eigenvalue weighted by Crippen LogP contribution is -2.27. The zero-order valence-corrected chi connectivity index (χ0v) is 11.6. The first-order valence-electron chi connectivity index (χ1n) is 6.04. The van der Waals surface area contributed by atoms with Crippen LogP contribution in [0.5, 0.6) is 0 Å². The van der Waals surface area contributed by atoms with E-state index >= 15 is 0 Å². The number of halogens is 1. The van der Waals surface area contributed by atoms with Crippen LogP contribution in [0.25, 0.3) is 0 Å². The number of benzene rings is 2. The van der Waals surface area contributed by atoms with Crippen molar-refractivity contribution in [2.24, 2.45) is 5.73 Å². The van der Waals surface area contributed by atoms with Crippen molar-refractivity contribution >= 4 is 28.9 Å².